The molecule has 1 heterocycles. The van der Waals surface area contributed by atoms with Crippen LogP contribution in [0, 0.1) is 12.7 Å². The Morgan fingerprint density at radius 3 is 2.33 bits per heavy atom. The van der Waals surface area contributed by atoms with Crippen molar-refractivity contribution >= 4 is 23.5 Å². The standard InChI is InChI=1S/C28H35FN2O5/c1-4-24(27(33)30-26-20(2)16-22(29)17-23(26)28(34)35-3)31(14-10-5-6-11-15-31)18-25(32)36-19-21-12-8-7-9-13-21/h7-9,12-13,16-17,24H,4-6,10-11,14-15,18-19H2,1-3H3/p+1. The second-order valence-corrected chi connectivity index (χ2v) is 9.43. The predicted octanol–water partition coefficient (Wildman–Crippen LogP) is 4.77. The minimum Gasteiger partial charge on any atom is -0.465 e. The Balaban J connectivity index is 1.85. The molecule has 0 aliphatic carbocycles. The number of ether oxygens (including phenoxy) is 2. The van der Waals surface area contributed by atoms with Gasteiger partial charge in [0.2, 0.25) is 0 Å². The maximum Gasteiger partial charge on any atom is 0.362 e. The van der Waals surface area contributed by atoms with Gasteiger partial charge in [-0.3, -0.25) is 4.79 Å². The molecule has 1 unspecified atom stereocenters. The summed E-state index contributed by atoms with van der Waals surface area (Å²) in [6.07, 6.45) is 4.38. The van der Waals surface area contributed by atoms with Gasteiger partial charge in [0.15, 0.2) is 12.6 Å². The number of rotatable bonds is 9. The fraction of sp³-hybridized carbons (Fsp3) is 0.464. The monoisotopic (exact) mass is 499 g/mol. The van der Waals surface area contributed by atoms with Gasteiger partial charge in [-0.1, -0.05) is 37.3 Å². The largest absolute Gasteiger partial charge is 0.465 e. The number of benzene rings is 2. The van der Waals surface area contributed by atoms with Gasteiger partial charge in [-0.25, -0.2) is 14.0 Å². The van der Waals surface area contributed by atoms with Crippen molar-refractivity contribution in [3.63, 3.8) is 0 Å². The van der Waals surface area contributed by atoms with Crippen molar-refractivity contribution in [3.8, 4) is 0 Å². The number of anilines is 1. The molecule has 1 amide bonds. The number of halogens is 1. The van der Waals surface area contributed by atoms with Gasteiger partial charge in [-0.15, -0.1) is 0 Å². The molecular weight excluding hydrogens is 463 g/mol. The fourth-order valence-electron chi connectivity index (χ4n) is 5.15. The number of quaternary nitrogens is 1. The zero-order valence-corrected chi connectivity index (χ0v) is 21.3. The van der Waals surface area contributed by atoms with E-state index >= 15 is 0 Å². The maximum absolute atomic E-state index is 14.0. The summed E-state index contributed by atoms with van der Waals surface area (Å²) in [4.78, 5) is 39.0. The minimum atomic E-state index is -0.732. The Bertz CT molecular complexity index is 1070. The molecule has 1 fully saturated rings. The highest BCUT2D eigenvalue weighted by atomic mass is 19.1. The lowest BCUT2D eigenvalue weighted by Crippen LogP contribution is -2.62. The molecule has 0 bridgehead atoms. The van der Waals surface area contributed by atoms with Gasteiger partial charge in [0.1, 0.15) is 12.4 Å². The number of carbonyl (C=O) groups is 3. The van der Waals surface area contributed by atoms with Crippen LogP contribution in [-0.4, -0.2) is 55.1 Å². The van der Waals surface area contributed by atoms with Crippen molar-refractivity contribution in [2.24, 2.45) is 0 Å². The van der Waals surface area contributed by atoms with Gasteiger partial charge in [0, 0.05) is 6.42 Å². The Labute approximate surface area is 212 Å². The lowest BCUT2D eigenvalue weighted by molar-refractivity contribution is -0.935. The van der Waals surface area contributed by atoms with Crippen LogP contribution in [0.15, 0.2) is 42.5 Å². The third-order valence-corrected chi connectivity index (χ3v) is 6.95. The molecule has 194 valence electrons. The summed E-state index contributed by atoms with van der Waals surface area (Å²) in [5, 5.41) is 2.87. The highest BCUT2D eigenvalue weighted by Crippen LogP contribution is 2.28. The summed E-state index contributed by atoms with van der Waals surface area (Å²) >= 11 is 0. The summed E-state index contributed by atoms with van der Waals surface area (Å²) in [6.45, 7) is 5.18. The van der Waals surface area contributed by atoms with Crippen molar-refractivity contribution in [1.29, 1.82) is 0 Å². The number of esters is 2. The van der Waals surface area contributed by atoms with Crippen LogP contribution in [-0.2, 0) is 25.7 Å². The molecule has 1 atom stereocenters. The van der Waals surface area contributed by atoms with Gasteiger partial charge >= 0.3 is 11.9 Å². The smallest absolute Gasteiger partial charge is 0.362 e. The van der Waals surface area contributed by atoms with Crippen LogP contribution < -0.4 is 5.32 Å². The Kier molecular flexibility index (Phi) is 9.58. The van der Waals surface area contributed by atoms with Gasteiger partial charge in [-0.05, 0) is 55.9 Å². The predicted molar refractivity (Wildman–Crippen MR) is 135 cm³/mol. The van der Waals surface area contributed by atoms with E-state index in [0.717, 1.165) is 37.3 Å². The van der Waals surface area contributed by atoms with E-state index in [9.17, 15) is 18.8 Å². The lowest BCUT2D eigenvalue weighted by Gasteiger charge is -2.42. The van der Waals surface area contributed by atoms with Crippen molar-refractivity contribution in [3.05, 3.63) is 65.0 Å². The molecule has 3 rings (SSSR count). The summed E-state index contributed by atoms with van der Waals surface area (Å²) in [5.74, 6) is -1.98. The number of amides is 1. The summed E-state index contributed by atoms with van der Waals surface area (Å²) in [5.41, 5.74) is 1.51. The van der Waals surface area contributed by atoms with E-state index in [0.29, 0.717) is 29.6 Å². The molecule has 1 aliphatic heterocycles. The number of nitrogens with one attached hydrogen (secondary N) is 1. The first-order valence-corrected chi connectivity index (χ1v) is 12.5. The first-order chi connectivity index (χ1) is 17.3. The molecular formula is C28H36FN2O5+. The molecule has 36 heavy (non-hydrogen) atoms. The number of likely N-dealkylation sites (tertiary alicyclic amines) is 1. The molecule has 2 aromatic carbocycles. The highest BCUT2D eigenvalue weighted by molar-refractivity contribution is 6.03. The topological polar surface area (TPSA) is 81.7 Å². The minimum absolute atomic E-state index is 0.0390. The summed E-state index contributed by atoms with van der Waals surface area (Å²) in [7, 11) is 1.21. The van der Waals surface area contributed by atoms with Crippen LogP contribution in [0.4, 0.5) is 10.1 Å². The number of hydrogen-bond donors (Lipinski definition) is 1. The summed E-state index contributed by atoms with van der Waals surface area (Å²) in [6, 6.07) is 11.3. The summed E-state index contributed by atoms with van der Waals surface area (Å²) < 4.78 is 24.7. The zero-order valence-electron chi connectivity index (χ0n) is 21.3. The first-order valence-electron chi connectivity index (χ1n) is 12.5. The lowest BCUT2D eigenvalue weighted by atomic mass is 10.0. The number of aryl methyl sites for hydroxylation is 1. The van der Waals surface area contributed by atoms with Gasteiger partial charge in [0.25, 0.3) is 5.91 Å². The molecule has 1 saturated heterocycles. The van der Waals surface area contributed by atoms with Crippen LogP contribution in [0.25, 0.3) is 0 Å². The van der Waals surface area contributed by atoms with Crippen molar-refractivity contribution in [1.82, 2.24) is 0 Å². The highest BCUT2D eigenvalue weighted by Gasteiger charge is 2.43. The molecule has 0 saturated carbocycles. The van der Waals surface area contributed by atoms with E-state index in [4.69, 9.17) is 9.47 Å². The normalized spacial score (nSPS) is 15.9. The number of methoxy groups -OCH3 is 1. The molecule has 0 spiro atoms. The number of carbonyl (C=O) groups excluding carboxylic acids is 3. The second-order valence-electron chi connectivity index (χ2n) is 9.43. The molecule has 0 aromatic heterocycles. The van der Waals surface area contributed by atoms with E-state index < -0.39 is 17.8 Å². The van der Waals surface area contributed by atoms with Crippen molar-refractivity contribution < 1.29 is 32.7 Å². The van der Waals surface area contributed by atoms with Crippen LogP contribution in [0.3, 0.4) is 0 Å². The Morgan fingerprint density at radius 2 is 1.72 bits per heavy atom. The Morgan fingerprint density at radius 1 is 1.06 bits per heavy atom. The first kappa shape index (κ1) is 27.3. The van der Waals surface area contributed by atoms with Crippen LogP contribution in [0.5, 0.6) is 0 Å². The molecule has 1 aliphatic rings. The second kappa shape index (κ2) is 12.6. The van der Waals surface area contributed by atoms with E-state index in [-0.39, 0.29) is 36.3 Å². The van der Waals surface area contributed by atoms with Crippen LogP contribution in [0.2, 0.25) is 0 Å². The maximum atomic E-state index is 14.0. The van der Waals surface area contributed by atoms with E-state index in [1.54, 1.807) is 6.92 Å². The van der Waals surface area contributed by atoms with Crippen molar-refractivity contribution in [2.75, 3.05) is 32.1 Å². The van der Waals surface area contributed by atoms with Gasteiger partial charge in [0.05, 0.1) is 31.5 Å². The van der Waals surface area contributed by atoms with E-state index in [1.807, 2.05) is 37.3 Å². The third kappa shape index (κ3) is 6.69. The Hall–Kier alpha value is -3.26. The van der Waals surface area contributed by atoms with Gasteiger partial charge < -0.3 is 19.3 Å². The number of hydrogen-bond acceptors (Lipinski definition) is 5. The number of nitrogens with zero attached hydrogens (tertiary/aromatic N) is 1. The van der Waals surface area contributed by atoms with Gasteiger partial charge in [-0.2, -0.15) is 0 Å². The molecule has 7 nitrogen and oxygen atoms in total. The zero-order chi connectivity index (χ0) is 26.1. The van der Waals surface area contributed by atoms with E-state index in [1.165, 1.54) is 13.2 Å². The van der Waals surface area contributed by atoms with E-state index in [2.05, 4.69) is 5.32 Å². The average Bonchev–Trinajstić information content (AvgIpc) is 3.10. The molecule has 8 heteroatoms. The average molecular weight is 500 g/mol. The van der Waals surface area contributed by atoms with Crippen molar-refractivity contribution in [2.45, 2.75) is 58.6 Å². The fourth-order valence-corrected chi connectivity index (χ4v) is 5.15. The molecule has 1 N–H and O–H groups in total. The van der Waals surface area contributed by atoms with Crippen LogP contribution >= 0.6 is 0 Å². The van der Waals surface area contributed by atoms with Crippen LogP contribution in [0.1, 0.15) is 60.5 Å². The quantitative estimate of drug-likeness (QED) is 0.397. The molecule has 0 radical (unpaired) electrons. The SMILES string of the molecule is CCC(C(=O)Nc1c(C)cc(F)cc1C(=O)OC)[N+]1(CC(=O)OCc2ccccc2)CCCCCC1. The molecule has 2 aromatic rings. The third-order valence-electron chi connectivity index (χ3n) is 6.95.